The third-order valence-electron chi connectivity index (χ3n) is 1.89. The number of halogens is 2. The molecule has 0 bridgehead atoms. The van der Waals surface area contributed by atoms with Crippen LogP contribution in [0.25, 0.3) is 0 Å². The van der Waals surface area contributed by atoms with Gasteiger partial charge in [0.1, 0.15) is 9.98 Å². The first-order chi connectivity index (χ1) is 6.35. The summed E-state index contributed by atoms with van der Waals surface area (Å²) in [5.41, 5.74) is 0.333. The van der Waals surface area contributed by atoms with Gasteiger partial charge in [0.15, 0.2) is 9.84 Å². The van der Waals surface area contributed by atoms with Crippen molar-refractivity contribution in [2.45, 2.75) is 22.9 Å². The maximum absolute atomic E-state index is 12.9. The molecule has 78 valence electrons. The quantitative estimate of drug-likeness (QED) is 0.617. The zero-order valence-corrected chi connectivity index (χ0v) is 10.2. The molecule has 0 N–H and O–H groups in total. The molecule has 0 saturated carbocycles. The molecule has 14 heavy (non-hydrogen) atoms. The summed E-state index contributed by atoms with van der Waals surface area (Å²) >= 11 is 2.99. The fourth-order valence-corrected chi connectivity index (χ4v) is 2.60. The van der Waals surface area contributed by atoms with Gasteiger partial charge in [0, 0.05) is 0 Å². The highest BCUT2D eigenvalue weighted by Gasteiger charge is 2.20. The number of hydrogen-bond donors (Lipinski definition) is 0. The van der Waals surface area contributed by atoms with Crippen LogP contribution in [0.15, 0.2) is 23.1 Å². The summed E-state index contributed by atoms with van der Waals surface area (Å²) in [6, 6.07) is 3.77. The molecule has 0 aliphatic heterocycles. The Bertz CT molecular complexity index is 440. The fraction of sp³-hybridized carbons (Fsp3) is 0.333. The second-order valence-electron chi connectivity index (χ2n) is 3.00. The lowest BCUT2D eigenvalue weighted by atomic mass is 10.2. The lowest BCUT2D eigenvalue weighted by Crippen LogP contribution is -2.11. The smallest absolute Gasteiger partial charge is 0.190 e. The molecular weight excluding hydrogens is 271 g/mol. The molecule has 1 rings (SSSR count). The Kier molecular flexibility index (Phi) is 3.32. The highest BCUT2D eigenvalue weighted by molar-refractivity contribution is 9.11. The number of benzene rings is 1. The van der Waals surface area contributed by atoms with Gasteiger partial charge in [-0.05, 0) is 37.6 Å². The van der Waals surface area contributed by atoms with Gasteiger partial charge in [0.25, 0.3) is 0 Å². The molecule has 0 fully saturated rings. The molecule has 5 heteroatoms. The first-order valence-corrected chi connectivity index (χ1v) is 6.46. The normalized spacial score (nSPS) is 14.0. The van der Waals surface area contributed by atoms with E-state index in [4.69, 9.17) is 0 Å². The van der Waals surface area contributed by atoms with Crippen LogP contribution in [0.1, 0.15) is 12.5 Å². The van der Waals surface area contributed by atoms with Gasteiger partial charge in [0.2, 0.25) is 0 Å². The van der Waals surface area contributed by atoms with Crippen LogP contribution in [0.3, 0.4) is 0 Å². The van der Waals surface area contributed by atoms with Gasteiger partial charge in [-0.2, -0.15) is 0 Å². The number of aryl methyl sites for hydroxylation is 1. The summed E-state index contributed by atoms with van der Waals surface area (Å²) in [4.78, 5) is 0.140. The minimum Gasteiger partial charge on any atom is -0.223 e. The molecular formula is C9H10BrFO2S. The van der Waals surface area contributed by atoms with E-state index >= 15 is 0 Å². The van der Waals surface area contributed by atoms with Crippen molar-refractivity contribution < 1.29 is 12.8 Å². The molecule has 1 aromatic carbocycles. The molecule has 1 atom stereocenters. The Hall–Kier alpha value is -0.420. The zero-order valence-electron chi connectivity index (χ0n) is 7.79. The van der Waals surface area contributed by atoms with Crippen molar-refractivity contribution in [3.05, 3.63) is 29.6 Å². The number of hydrogen-bond acceptors (Lipinski definition) is 2. The summed E-state index contributed by atoms with van der Waals surface area (Å²) in [6.07, 6.45) is 0. The van der Waals surface area contributed by atoms with Crippen LogP contribution in [0.4, 0.5) is 4.39 Å². The summed E-state index contributed by atoms with van der Waals surface area (Å²) in [5.74, 6) is -0.397. The molecule has 0 saturated heterocycles. The third kappa shape index (κ3) is 2.15. The van der Waals surface area contributed by atoms with E-state index in [2.05, 4.69) is 15.9 Å². The predicted octanol–water partition coefficient (Wildman–Crippen LogP) is 2.65. The van der Waals surface area contributed by atoms with Gasteiger partial charge in [-0.15, -0.1) is 0 Å². The second kappa shape index (κ2) is 3.98. The molecule has 2 nitrogen and oxygen atoms in total. The van der Waals surface area contributed by atoms with E-state index in [1.165, 1.54) is 26.0 Å². The maximum atomic E-state index is 12.9. The standard InChI is InChI=1S/C9H10BrFO2S/c1-6-5-8(3-4-9(6)11)14(12,13)7(2)10/h3-5,7H,1-2H3. The molecule has 1 aromatic rings. The average Bonchev–Trinajstić information content (AvgIpc) is 2.09. The maximum Gasteiger partial charge on any atom is 0.190 e. The van der Waals surface area contributed by atoms with Gasteiger partial charge in [-0.25, -0.2) is 12.8 Å². The van der Waals surface area contributed by atoms with Crippen LogP contribution < -0.4 is 0 Å². The topological polar surface area (TPSA) is 34.1 Å². The van der Waals surface area contributed by atoms with Gasteiger partial charge < -0.3 is 0 Å². The van der Waals surface area contributed by atoms with Gasteiger partial charge >= 0.3 is 0 Å². The number of rotatable bonds is 2. The van der Waals surface area contributed by atoms with Crippen molar-refractivity contribution in [2.24, 2.45) is 0 Å². The fourth-order valence-electron chi connectivity index (χ4n) is 0.982. The largest absolute Gasteiger partial charge is 0.223 e. The predicted molar refractivity (Wildman–Crippen MR) is 56.7 cm³/mol. The summed E-state index contributed by atoms with van der Waals surface area (Å²) in [6.45, 7) is 3.06. The Balaban J connectivity index is 3.29. The average molecular weight is 281 g/mol. The van der Waals surface area contributed by atoms with E-state index in [1.807, 2.05) is 0 Å². The molecule has 0 amide bonds. The Morgan fingerprint density at radius 1 is 1.43 bits per heavy atom. The van der Waals surface area contributed by atoms with Gasteiger partial charge in [-0.1, -0.05) is 15.9 Å². The monoisotopic (exact) mass is 280 g/mol. The molecule has 0 aromatic heterocycles. The summed E-state index contributed by atoms with van der Waals surface area (Å²) in [5, 5.41) is 0. The number of sulfone groups is 1. The van der Waals surface area contributed by atoms with Crippen LogP contribution in [0, 0.1) is 12.7 Å². The van der Waals surface area contributed by atoms with Crippen LogP contribution in [0.2, 0.25) is 0 Å². The molecule has 0 radical (unpaired) electrons. The van der Waals surface area contributed by atoms with E-state index in [0.717, 1.165) is 6.07 Å². The number of alkyl halides is 1. The first kappa shape index (κ1) is 11.7. The van der Waals surface area contributed by atoms with Crippen LogP contribution >= 0.6 is 15.9 Å². The third-order valence-corrected chi connectivity index (χ3v) is 5.13. The minimum atomic E-state index is -3.37. The van der Waals surface area contributed by atoms with Crippen molar-refractivity contribution >= 4 is 25.8 Å². The summed E-state index contributed by atoms with van der Waals surface area (Å²) < 4.78 is 35.5. The van der Waals surface area contributed by atoms with Crippen molar-refractivity contribution in [1.82, 2.24) is 0 Å². The minimum absolute atomic E-state index is 0.140. The summed E-state index contributed by atoms with van der Waals surface area (Å²) in [7, 11) is -3.37. The molecule has 0 aliphatic carbocycles. The second-order valence-corrected chi connectivity index (χ2v) is 7.25. The highest BCUT2D eigenvalue weighted by atomic mass is 79.9. The van der Waals surface area contributed by atoms with Gasteiger partial charge in [0.05, 0.1) is 4.90 Å². The van der Waals surface area contributed by atoms with Crippen LogP contribution in [0.5, 0.6) is 0 Å². The Morgan fingerprint density at radius 3 is 2.43 bits per heavy atom. The molecule has 0 spiro atoms. The van der Waals surface area contributed by atoms with E-state index < -0.39 is 19.8 Å². The zero-order chi connectivity index (χ0) is 10.9. The molecule has 1 unspecified atom stereocenters. The Labute approximate surface area is 91.2 Å². The molecule has 0 heterocycles. The van der Waals surface area contributed by atoms with E-state index in [-0.39, 0.29) is 4.90 Å². The first-order valence-electron chi connectivity index (χ1n) is 4.00. The van der Waals surface area contributed by atoms with Crippen LogP contribution in [-0.4, -0.2) is 12.6 Å². The van der Waals surface area contributed by atoms with Crippen molar-refractivity contribution in [1.29, 1.82) is 0 Å². The molecule has 0 aliphatic rings. The van der Waals surface area contributed by atoms with E-state index in [1.54, 1.807) is 0 Å². The Morgan fingerprint density at radius 2 is 2.00 bits per heavy atom. The van der Waals surface area contributed by atoms with Crippen molar-refractivity contribution in [3.63, 3.8) is 0 Å². The van der Waals surface area contributed by atoms with Crippen molar-refractivity contribution in [3.8, 4) is 0 Å². The van der Waals surface area contributed by atoms with Gasteiger partial charge in [-0.3, -0.25) is 0 Å². The SMILES string of the molecule is Cc1cc(S(=O)(=O)C(C)Br)ccc1F. The van der Waals surface area contributed by atoms with Crippen molar-refractivity contribution in [2.75, 3.05) is 0 Å². The van der Waals surface area contributed by atoms with E-state index in [0.29, 0.717) is 5.56 Å². The lowest BCUT2D eigenvalue weighted by Gasteiger charge is -2.07. The van der Waals surface area contributed by atoms with Crippen LogP contribution in [-0.2, 0) is 9.84 Å². The highest BCUT2D eigenvalue weighted by Crippen LogP contribution is 2.21. The van der Waals surface area contributed by atoms with E-state index in [9.17, 15) is 12.8 Å². The lowest BCUT2D eigenvalue weighted by molar-refractivity contribution is 0.593.